The van der Waals surface area contributed by atoms with Crippen molar-refractivity contribution in [3.63, 3.8) is 0 Å². The summed E-state index contributed by atoms with van der Waals surface area (Å²) in [5.74, 6) is -0.353. The molecule has 2 N–H and O–H groups in total. The number of allylic oxidation sites excluding steroid dienone is 2. The topological polar surface area (TPSA) is 52.3 Å². The zero-order valence-corrected chi connectivity index (χ0v) is 11.2. The first-order chi connectivity index (χ1) is 8.11. The molecule has 0 aliphatic heterocycles. The predicted molar refractivity (Wildman–Crippen MR) is 71.9 cm³/mol. The lowest BCUT2D eigenvalue weighted by molar-refractivity contribution is 0.0601. The smallest absolute Gasteiger partial charge is 0.337 e. The predicted octanol–water partition coefficient (Wildman–Crippen LogP) is 3.35. The van der Waals surface area contributed by atoms with Gasteiger partial charge in [-0.15, -0.1) is 0 Å². The van der Waals surface area contributed by atoms with E-state index in [0.29, 0.717) is 11.3 Å². The van der Waals surface area contributed by atoms with E-state index in [1.165, 1.54) is 17.2 Å². The third-order valence-electron chi connectivity index (χ3n) is 2.88. The molecule has 0 saturated heterocycles. The van der Waals surface area contributed by atoms with Crippen molar-refractivity contribution in [3.05, 3.63) is 33.8 Å². The van der Waals surface area contributed by atoms with Crippen molar-refractivity contribution in [2.75, 3.05) is 12.8 Å². The number of anilines is 1. The Balaban J connectivity index is 2.45. The van der Waals surface area contributed by atoms with Crippen molar-refractivity contribution in [2.24, 2.45) is 0 Å². The van der Waals surface area contributed by atoms with E-state index in [-0.39, 0.29) is 5.97 Å². The number of esters is 1. The van der Waals surface area contributed by atoms with Crippen LogP contribution in [0.5, 0.6) is 0 Å². The van der Waals surface area contributed by atoms with Crippen LogP contribution in [-0.2, 0) is 4.74 Å². The van der Waals surface area contributed by atoms with Gasteiger partial charge in [-0.2, -0.15) is 0 Å². The van der Waals surface area contributed by atoms with Crippen molar-refractivity contribution in [3.8, 4) is 0 Å². The maximum atomic E-state index is 11.5. The van der Waals surface area contributed by atoms with Gasteiger partial charge in [-0.25, -0.2) is 4.79 Å². The van der Waals surface area contributed by atoms with E-state index in [2.05, 4.69) is 15.9 Å². The fourth-order valence-electron chi connectivity index (χ4n) is 2.07. The minimum atomic E-state index is -0.353. The lowest BCUT2D eigenvalue weighted by Gasteiger charge is -2.08. The van der Waals surface area contributed by atoms with E-state index in [1.807, 2.05) is 12.1 Å². The quantitative estimate of drug-likeness (QED) is 0.672. The molecule has 0 atom stereocenters. The summed E-state index contributed by atoms with van der Waals surface area (Å²) in [6, 6.07) is 5.37. The molecule has 0 saturated carbocycles. The van der Waals surface area contributed by atoms with Crippen molar-refractivity contribution >= 4 is 33.2 Å². The number of hydrogen-bond acceptors (Lipinski definition) is 3. The molecule has 2 rings (SSSR count). The minimum absolute atomic E-state index is 0.353. The van der Waals surface area contributed by atoms with Gasteiger partial charge in [-0.05, 0) is 53.1 Å². The number of carbonyl (C=O) groups excluding carboxylic acids is 1. The summed E-state index contributed by atoms with van der Waals surface area (Å²) in [4.78, 5) is 11.5. The minimum Gasteiger partial charge on any atom is -0.465 e. The molecule has 1 aromatic rings. The van der Waals surface area contributed by atoms with Crippen LogP contribution in [0.4, 0.5) is 5.69 Å². The monoisotopic (exact) mass is 295 g/mol. The van der Waals surface area contributed by atoms with Gasteiger partial charge in [0.25, 0.3) is 0 Å². The Morgan fingerprint density at radius 1 is 1.35 bits per heavy atom. The van der Waals surface area contributed by atoms with Gasteiger partial charge in [0.05, 0.1) is 12.7 Å². The van der Waals surface area contributed by atoms with Crippen molar-refractivity contribution in [2.45, 2.75) is 19.3 Å². The molecule has 0 fully saturated rings. The molecule has 4 heteroatoms. The number of halogens is 1. The third-order valence-corrected chi connectivity index (χ3v) is 3.75. The van der Waals surface area contributed by atoms with Gasteiger partial charge in [-0.3, -0.25) is 0 Å². The summed E-state index contributed by atoms with van der Waals surface area (Å²) in [7, 11) is 1.37. The zero-order chi connectivity index (χ0) is 12.4. The largest absolute Gasteiger partial charge is 0.465 e. The van der Waals surface area contributed by atoms with Crippen molar-refractivity contribution < 1.29 is 9.53 Å². The van der Waals surface area contributed by atoms with E-state index in [4.69, 9.17) is 10.5 Å². The van der Waals surface area contributed by atoms with E-state index >= 15 is 0 Å². The number of methoxy groups -OCH3 is 1. The molecule has 0 bridgehead atoms. The number of benzene rings is 1. The van der Waals surface area contributed by atoms with Crippen LogP contribution in [0, 0.1) is 0 Å². The average molecular weight is 296 g/mol. The average Bonchev–Trinajstić information content (AvgIpc) is 2.73. The molecule has 0 heterocycles. The van der Waals surface area contributed by atoms with Gasteiger partial charge in [-0.1, -0.05) is 15.9 Å². The number of carbonyl (C=O) groups is 1. The summed E-state index contributed by atoms with van der Waals surface area (Å²) in [6.07, 6.45) is 3.21. The second-order valence-electron chi connectivity index (χ2n) is 4.07. The first-order valence-corrected chi connectivity index (χ1v) is 6.28. The van der Waals surface area contributed by atoms with Gasteiger partial charge in [0.1, 0.15) is 0 Å². The van der Waals surface area contributed by atoms with Crippen LogP contribution < -0.4 is 5.73 Å². The van der Waals surface area contributed by atoms with Crippen molar-refractivity contribution in [1.82, 2.24) is 0 Å². The highest BCUT2D eigenvalue weighted by atomic mass is 79.9. The summed E-state index contributed by atoms with van der Waals surface area (Å²) < 4.78 is 5.92. The highest BCUT2D eigenvalue weighted by Gasteiger charge is 2.16. The highest BCUT2D eigenvalue weighted by molar-refractivity contribution is 9.11. The number of rotatable bonds is 2. The van der Waals surface area contributed by atoms with Gasteiger partial charge >= 0.3 is 5.97 Å². The molecular weight excluding hydrogens is 282 g/mol. The Hall–Kier alpha value is -1.29. The molecule has 0 spiro atoms. The molecule has 1 aliphatic carbocycles. The molecule has 17 heavy (non-hydrogen) atoms. The normalized spacial score (nSPS) is 15.2. The van der Waals surface area contributed by atoms with Crippen LogP contribution in [0.3, 0.4) is 0 Å². The molecule has 0 radical (unpaired) electrons. The van der Waals surface area contributed by atoms with Gasteiger partial charge in [0.2, 0.25) is 0 Å². The van der Waals surface area contributed by atoms with Gasteiger partial charge < -0.3 is 10.5 Å². The molecule has 0 unspecified atom stereocenters. The summed E-state index contributed by atoms with van der Waals surface area (Å²) in [5, 5.41) is 0. The fourth-order valence-corrected chi connectivity index (χ4v) is 2.78. The second kappa shape index (κ2) is 4.92. The van der Waals surface area contributed by atoms with Crippen LogP contribution in [0.2, 0.25) is 0 Å². The summed E-state index contributed by atoms with van der Waals surface area (Å²) >= 11 is 3.57. The Labute approximate surface area is 109 Å². The second-order valence-corrected chi connectivity index (χ2v) is 5.03. The molecule has 90 valence electrons. The molecule has 1 aromatic carbocycles. The van der Waals surface area contributed by atoms with Crippen LogP contribution in [0.25, 0.3) is 5.57 Å². The maximum absolute atomic E-state index is 11.5. The third kappa shape index (κ3) is 2.52. The molecule has 0 aromatic heterocycles. The SMILES string of the molecule is COC(=O)c1cc(N)cc(C2=C(Br)CCC2)c1. The molecule has 0 amide bonds. The van der Waals surface area contributed by atoms with E-state index in [9.17, 15) is 4.79 Å². The first kappa shape index (κ1) is 12.2. The molecular formula is C13H14BrNO2. The first-order valence-electron chi connectivity index (χ1n) is 5.48. The molecule has 3 nitrogen and oxygen atoms in total. The standard InChI is InChI=1S/C13H14BrNO2/c1-17-13(16)9-5-8(6-10(15)7-9)11-3-2-4-12(11)14/h5-7H,2-4,15H2,1H3. The number of nitrogen functional groups attached to an aromatic ring is 1. The highest BCUT2D eigenvalue weighted by Crippen LogP contribution is 2.37. The Morgan fingerprint density at radius 3 is 2.71 bits per heavy atom. The molecule has 1 aliphatic rings. The maximum Gasteiger partial charge on any atom is 0.337 e. The van der Waals surface area contributed by atoms with Gasteiger partial charge in [0.15, 0.2) is 0 Å². The number of hydrogen-bond donors (Lipinski definition) is 1. The van der Waals surface area contributed by atoms with Crippen LogP contribution in [-0.4, -0.2) is 13.1 Å². The van der Waals surface area contributed by atoms with E-state index in [0.717, 1.165) is 24.8 Å². The zero-order valence-electron chi connectivity index (χ0n) is 9.63. The summed E-state index contributed by atoms with van der Waals surface area (Å²) in [6.45, 7) is 0. The lowest BCUT2D eigenvalue weighted by Crippen LogP contribution is -2.03. The van der Waals surface area contributed by atoms with Crippen molar-refractivity contribution in [1.29, 1.82) is 0 Å². The van der Waals surface area contributed by atoms with Gasteiger partial charge in [0, 0.05) is 5.69 Å². The number of nitrogens with two attached hydrogens (primary N) is 1. The van der Waals surface area contributed by atoms with Crippen LogP contribution in [0.15, 0.2) is 22.7 Å². The van der Waals surface area contributed by atoms with E-state index in [1.54, 1.807) is 6.07 Å². The summed E-state index contributed by atoms with van der Waals surface area (Å²) in [5.41, 5.74) is 9.15. The Morgan fingerprint density at radius 2 is 2.12 bits per heavy atom. The van der Waals surface area contributed by atoms with Crippen LogP contribution in [0.1, 0.15) is 35.2 Å². The fraction of sp³-hybridized carbons (Fsp3) is 0.308. The Bertz CT molecular complexity index is 494. The van der Waals surface area contributed by atoms with E-state index < -0.39 is 0 Å². The van der Waals surface area contributed by atoms with Crippen LogP contribution >= 0.6 is 15.9 Å². The number of ether oxygens (including phenoxy) is 1. The lowest BCUT2D eigenvalue weighted by atomic mass is 10.0. The Kier molecular flexibility index (Phi) is 3.52.